The maximum Gasteiger partial charge on any atom is 0.317 e. The monoisotopic (exact) mass is 239 g/mol. The highest BCUT2D eigenvalue weighted by Crippen LogP contribution is 1.97. The number of amides is 2. The molecule has 17 heavy (non-hydrogen) atoms. The second-order valence-corrected chi connectivity index (χ2v) is 3.94. The molecule has 0 atom stereocenters. The molecule has 1 saturated heterocycles. The third-order valence-corrected chi connectivity index (χ3v) is 2.73. The van der Waals surface area contributed by atoms with Gasteiger partial charge in [-0.25, -0.2) is 4.79 Å². The number of hydrogen-bond acceptors (Lipinski definition) is 4. The molecule has 1 aromatic heterocycles. The number of carbonyl (C=O) groups excluding carboxylic acids is 1. The Morgan fingerprint density at radius 1 is 1.53 bits per heavy atom. The van der Waals surface area contributed by atoms with Crippen LogP contribution in [0.5, 0.6) is 0 Å². The Labute approximate surface area is 99.8 Å². The molecule has 0 aliphatic carbocycles. The average Bonchev–Trinajstić information content (AvgIpc) is 2.76. The summed E-state index contributed by atoms with van der Waals surface area (Å²) in [6.45, 7) is 3.14. The van der Waals surface area contributed by atoms with E-state index in [-0.39, 0.29) is 6.03 Å². The van der Waals surface area contributed by atoms with Gasteiger partial charge in [-0.2, -0.15) is 0 Å². The van der Waals surface area contributed by atoms with Crippen molar-refractivity contribution in [2.24, 2.45) is 7.05 Å². The molecule has 0 unspecified atom stereocenters. The lowest BCUT2D eigenvalue weighted by atomic mass is 10.4. The Hall–Kier alpha value is -1.63. The van der Waals surface area contributed by atoms with E-state index < -0.39 is 0 Å². The normalized spacial score (nSPS) is 15.9. The fraction of sp³-hybridized carbons (Fsp3) is 0.700. The lowest BCUT2D eigenvalue weighted by Crippen LogP contribution is -2.46. The predicted octanol–water partition coefficient (Wildman–Crippen LogP) is -0.601. The summed E-state index contributed by atoms with van der Waals surface area (Å²) < 4.78 is 7.03. The van der Waals surface area contributed by atoms with Gasteiger partial charge < -0.3 is 19.5 Å². The second-order valence-electron chi connectivity index (χ2n) is 3.94. The van der Waals surface area contributed by atoms with Gasteiger partial charge in [0.2, 0.25) is 0 Å². The van der Waals surface area contributed by atoms with Crippen molar-refractivity contribution in [3.63, 3.8) is 0 Å². The number of morpholine rings is 1. The van der Waals surface area contributed by atoms with Crippen molar-refractivity contribution in [3.05, 3.63) is 12.2 Å². The van der Waals surface area contributed by atoms with Gasteiger partial charge in [0.15, 0.2) is 0 Å². The van der Waals surface area contributed by atoms with E-state index in [0.29, 0.717) is 39.3 Å². The van der Waals surface area contributed by atoms with Crippen molar-refractivity contribution in [1.82, 2.24) is 25.0 Å². The molecule has 1 aliphatic heterocycles. The van der Waals surface area contributed by atoms with E-state index in [4.69, 9.17) is 4.74 Å². The lowest BCUT2D eigenvalue weighted by Gasteiger charge is -2.26. The summed E-state index contributed by atoms with van der Waals surface area (Å²) in [5.41, 5.74) is 0. The summed E-state index contributed by atoms with van der Waals surface area (Å²) in [5, 5.41) is 10.6. The standard InChI is InChI=1S/C10H17N5O2/c1-14-8-12-13-9(14)2-3-11-10(16)15-4-6-17-7-5-15/h8H,2-7H2,1H3,(H,11,16). The summed E-state index contributed by atoms with van der Waals surface area (Å²) >= 11 is 0. The number of nitrogens with zero attached hydrogens (tertiary/aromatic N) is 4. The Morgan fingerprint density at radius 2 is 2.29 bits per heavy atom. The van der Waals surface area contributed by atoms with E-state index in [0.717, 1.165) is 5.82 Å². The zero-order chi connectivity index (χ0) is 12.1. The minimum Gasteiger partial charge on any atom is -0.378 e. The third kappa shape index (κ3) is 3.16. The zero-order valence-corrected chi connectivity index (χ0v) is 9.93. The number of hydrogen-bond donors (Lipinski definition) is 1. The molecular weight excluding hydrogens is 222 g/mol. The van der Waals surface area contributed by atoms with E-state index in [1.807, 2.05) is 11.6 Å². The van der Waals surface area contributed by atoms with E-state index >= 15 is 0 Å². The fourth-order valence-corrected chi connectivity index (χ4v) is 1.69. The van der Waals surface area contributed by atoms with Crippen molar-refractivity contribution in [3.8, 4) is 0 Å². The highest BCUT2D eigenvalue weighted by Gasteiger charge is 2.15. The maximum atomic E-state index is 11.7. The SMILES string of the molecule is Cn1cnnc1CCNC(=O)N1CCOCC1. The van der Waals surface area contributed by atoms with Crippen molar-refractivity contribution in [2.75, 3.05) is 32.8 Å². The zero-order valence-electron chi connectivity index (χ0n) is 9.93. The molecule has 2 amide bonds. The molecule has 1 aliphatic rings. The van der Waals surface area contributed by atoms with Crippen LogP contribution >= 0.6 is 0 Å². The van der Waals surface area contributed by atoms with Crippen LogP contribution in [0, 0.1) is 0 Å². The van der Waals surface area contributed by atoms with Gasteiger partial charge in [0, 0.05) is 33.1 Å². The third-order valence-electron chi connectivity index (χ3n) is 2.73. The van der Waals surface area contributed by atoms with Crippen molar-refractivity contribution in [1.29, 1.82) is 0 Å². The fourth-order valence-electron chi connectivity index (χ4n) is 1.69. The first-order valence-electron chi connectivity index (χ1n) is 5.71. The molecular formula is C10H17N5O2. The van der Waals surface area contributed by atoms with Crippen LogP contribution in [-0.2, 0) is 18.2 Å². The smallest absolute Gasteiger partial charge is 0.317 e. The van der Waals surface area contributed by atoms with Gasteiger partial charge in [0.05, 0.1) is 13.2 Å². The highest BCUT2D eigenvalue weighted by atomic mass is 16.5. The topological polar surface area (TPSA) is 72.3 Å². The minimum atomic E-state index is -0.0320. The molecule has 0 aromatic carbocycles. The Morgan fingerprint density at radius 3 is 2.94 bits per heavy atom. The van der Waals surface area contributed by atoms with Gasteiger partial charge in [-0.1, -0.05) is 0 Å². The van der Waals surface area contributed by atoms with E-state index in [1.165, 1.54) is 0 Å². The summed E-state index contributed by atoms with van der Waals surface area (Å²) in [6, 6.07) is -0.0320. The van der Waals surface area contributed by atoms with Crippen LogP contribution in [0.1, 0.15) is 5.82 Å². The number of nitrogens with one attached hydrogen (secondary N) is 1. The molecule has 0 radical (unpaired) electrons. The quantitative estimate of drug-likeness (QED) is 0.764. The minimum absolute atomic E-state index is 0.0320. The predicted molar refractivity (Wildman–Crippen MR) is 60.5 cm³/mol. The number of aromatic nitrogens is 3. The molecule has 0 saturated carbocycles. The van der Waals surface area contributed by atoms with Crippen molar-refractivity contribution in [2.45, 2.75) is 6.42 Å². The second kappa shape index (κ2) is 5.62. The maximum absolute atomic E-state index is 11.7. The summed E-state index contributed by atoms with van der Waals surface area (Å²) in [7, 11) is 1.89. The molecule has 2 rings (SSSR count). The number of ether oxygens (including phenoxy) is 1. The molecule has 1 aromatic rings. The van der Waals surface area contributed by atoms with Crippen LogP contribution in [0.4, 0.5) is 4.79 Å². The largest absolute Gasteiger partial charge is 0.378 e. The van der Waals surface area contributed by atoms with Crippen LogP contribution in [0.2, 0.25) is 0 Å². The van der Waals surface area contributed by atoms with Crippen LogP contribution < -0.4 is 5.32 Å². The number of rotatable bonds is 3. The van der Waals surface area contributed by atoms with E-state index in [2.05, 4.69) is 15.5 Å². The first kappa shape index (κ1) is 11.8. The van der Waals surface area contributed by atoms with Gasteiger partial charge in [-0.15, -0.1) is 10.2 Å². The van der Waals surface area contributed by atoms with Crippen molar-refractivity contribution >= 4 is 6.03 Å². The molecule has 7 heteroatoms. The lowest BCUT2D eigenvalue weighted by molar-refractivity contribution is 0.0532. The van der Waals surface area contributed by atoms with Gasteiger partial charge in [0.1, 0.15) is 12.2 Å². The van der Waals surface area contributed by atoms with Gasteiger partial charge in [0.25, 0.3) is 0 Å². The molecule has 2 heterocycles. The number of carbonyl (C=O) groups is 1. The van der Waals surface area contributed by atoms with Crippen LogP contribution in [-0.4, -0.2) is 58.5 Å². The van der Waals surface area contributed by atoms with Gasteiger partial charge in [-0.3, -0.25) is 0 Å². The summed E-state index contributed by atoms with van der Waals surface area (Å²) in [5.74, 6) is 0.868. The first-order chi connectivity index (χ1) is 8.27. The molecule has 1 N–H and O–H groups in total. The van der Waals surface area contributed by atoms with Crippen LogP contribution in [0.15, 0.2) is 6.33 Å². The Balaban J connectivity index is 1.71. The first-order valence-corrected chi connectivity index (χ1v) is 5.71. The highest BCUT2D eigenvalue weighted by molar-refractivity contribution is 5.74. The van der Waals surface area contributed by atoms with E-state index in [9.17, 15) is 4.79 Å². The van der Waals surface area contributed by atoms with Gasteiger partial charge >= 0.3 is 6.03 Å². The summed E-state index contributed by atoms with van der Waals surface area (Å²) in [4.78, 5) is 13.5. The van der Waals surface area contributed by atoms with Crippen LogP contribution in [0.3, 0.4) is 0 Å². The number of aryl methyl sites for hydroxylation is 1. The molecule has 94 valence electrons. The molecule has 0 bridgehead atoms. The van der Waals surface area contributed by atoms with Gasteiger partial charge in [-0.05, 0) is 0 Å². The molecule has 1 fully saturated rings. The van der Waals surface area contributed by atoms with Crippen molar-refractivity contribution < 1.29 is 9.53 Å². The van der Waals surface area contributed by atoms with E-state index in [1.54, 1.807) is 11.2 Å². The Kier molecular flexibility index (Phi) is 3.92. The Bertz CT molecular complexity index is 373. The summed E-state index contributed by atoms with van der Waals surface area (Å²) in [6.07, 6.45) is 2.34. The molecule has 0 spiro atoms. The average molecular weight is 239 g/mol. The molecule has 7 nitrogen and oxygen atoms in total. The van der Waals surface area contributed by atoms with Crippen LogP contribution in [0.25, 0.3) is 0 Å². The number of urea groups is 1.